The number of hydrogen-bond acceptors (Lipinski definition) is 4. The monoisotopic (exact) mass is 207 g/mol. The van der Waals surface area contributed by atoms with Gasteiger partial charge in [0.1, 0.15) is 11.9 Å². The third kappa shape index (κ3) is 2.30. The largest absolute Gasteiger partial charge is 0.478 e. The summed E-state index contributed by atoms with van der Waals surface area (Å²) in [6, 6.07) is 0.529. The number of hydrogen-bond donors (Lipinski definition) is 2. The smallest absolute Gasteiger partial charge is 0.339 e. The van der Waals surface area contributed by atoms with E-state index in [0.717, 1.165) is 0 Å². The van der Waals surface area contributed by atoms with Crippen molar-refractivity contribution in [2.75, 3.05) is 0 Å². The van der Waals surface area contributed by atoms with E-state index in [2.05, 4.69) is 15.3 Å². The highest BCUT2D eigenvalue weighted by Gasteiger charge is 2.18. The fourth-order valence-electron chi connectivity index (χ4n) is 1.53. The van der Waals surface area contributed by atoms with Crippen molar-refractivity contribution in [1.29, 1.82) is 0 Å². The van der Waals surface area contributed by atoms with E-state index in [0.29, 0.717) is 18.3 Å². The summed E-state index contributed by atoms with van der Waals surface area (Å²) in [6.45, 7) is 0.509. The normalized spacial score (nSPS) is 16.0. The van der Waals surface area contributed by atoms with Gasteiger partial charge in [0.05, 0.1) is 5.69 Å². The van der Waals surface area contributed by atoms with E-state index in [4.69, 9.17) is 5.11 Å². The second-order valence-electron chi connectivity index (χ2n) is 3.70. The van der Waals surface area contributed by atoms with Gasteiger partial charge in [-0.1, -0.05) is 6.42 Å². The van der Waals surface area contributed by atoms with Crippen LogP contribution in [0.4, 0.5) is 0 Å². The van der Waals surface area contributed by atoms with Gasteiger partial charge >= 0.3 is 5.97 Å². The Hall–Kier alpha value is -1.49. The zero-order valence-corrected chi connectivity index (χ0v) is 8.31. The van der Waals surface area contributed by atoms with Crippen molar-refractivity contribution in [1.82, 2.24) is 15.3 Å². The summed E-state index contributed by atoms with van der Waals surface area (Å²) in [5.41, 5.74) is 0.744. The van der Waals surface area contributed by atoms with Crippen LogP contribution in [0.25, 0.3) is 0 Å². The Balaban J connectivity index is 2.02. The molecule has 1 aromatic rings. The lowest BCUT2D eigenvalue weighted by atomic mass is 9.93. The van der Waals surface area contributed by atoms with Gasteiger partial charge in [-0.3, -0.25) is 0 Å². The molecule has 0 atom stereocenters. The van der Waals surface area contributed by atoms with Gasteiger partial charge in [0.25, 0.3) is 0 Å². The average molecular weight is 207 g/mol. The summed E-state index contributed by atoms with van der Waals surface area (Å²) >= 11 is 0. The Morgan fingerprint density at radius 2 is 2.40 bits per heavy atom. The molecule has 1 saturated carbocycles. The summed E-state index contributed by atoms with van der Waals surface area (Å²) in [6.07, 6.45) is 6.32. The minimum absolute atomic E-state index is 0.185. The molecule has 5 heteroatoms. The maximum atomic E-state index is 10.8. The van der Waals surface area contributed by atoms with Gasteiger partial charge in [0.15, 0.2) is 0 Å². The number of carboxylic acids is 1. The van der Waals surface area contributed by atoms with E-state index in [9.17, 15) is 4.79 Å². The quantitative estimate of drug-likeness (QED) is 0.764. The first-order valence-corrected chi connectivity index (χ1v) is 5.03. The van der Waals surface area contributed by atoms with Crippen molar-refractivity contribution in [3.05, 3.63) is 23.8 Å². The number of carboxylic acid groups (broad SMARTS) is 1. The topological polar surface area (TPSA) is 75.1 Å². The Labute approximate surface area is 87.6 Å². The number of rotatable bonds is 4. The first kappa shape index (κ1) is 10.0. The van der Waals surface area contributed by atoms with E-state index in [1.54, 1.807) is 0 Å². The lowest BCUT2D eigenvalue weighted by Gasteiger charge is -2.26. The molecule has 0 aromatic carbocycles. The van der Waals surface area contributed by atoms with Crippen molar-refractivity contribution < 1.29 is 9.90 Å². The lowest BCUT2D eigenvalue weighted by molar-refractivity contribution is 0.0694. The Kier molecular flexibility index (Phi) is 2.91. The van der Waals surface area contributed by atoms with Crippen LogP contribution in [0, 0.1) is 0 Å². The Bertz CT molecular complexity index is 363. The van der Waals surface area contributed by atoms with Gasteiger partial charge in [0, 0.05) is 18.8 Å². The molecule has 1 aromatic heterocycles. The molecule has 0 aliphatic heterocycles. The van der Waals surface area contributed by atoms with Crippen LogP contribution in [0.1, 0.15) is 35.3 Å². The van der Waals surface area contributed by atoms with Gasteiger partial charge in [0.2, 0.25) is 0 Å². The zero-order valence-electron chi connectivity index (χ0n) is 8.31. The van der Waals surface area contributed by atoms with Crippen molar-refractivity contribution in [3.8, 4) is 0 Å². The molecular formula is C10H13N3O2. The number of nitrogens with zero attached hydrogens (tertiary/aromatic N) is 2. The SMILES string of the molecule is O=C(O)c1cncnc1CNC1CCC1. The zero-order chi connectivity index (χ0) is 10.7. The fourth-order valence-corrected chi connectivity index (χ4v) is 1.53. The Morgan fingerprint density at radius 1 is 1.60 bits per heavy atom. The molecule has 0 radical (unpaired) electrons. The highest BCUT2D eigenvalue weighted by molar-refractivity contribution is 5.88. The van der Waals surface area contributed by atoms with E-state index >= 15 is 0 Å². The van der Waals surface area contributed by atoms with Crippen LogP contribution < -0.4 is 5.32 Å². The molecule has 15 heavy (non-hydrogen) atoms. The molecule has 0 bridgehead atoms. The number of aromatic nitrogens is 2. The molecule has 1 fully saturated rings. The molecule has 2 rings (SSSR count). The minimum Gasteiger partial charge on any atom is -0.478 e. The second kappa shape index (κ2) is 4.35. The predicted octanol–water partition coefficient (Wildman–Crippen LogP) is 0.817. The third-order valence-electron chi connectivity index (χ3n) is 2.69. The molecule has 0 unspecified atom stereocenters. The first-order chi connectivity index (χ1) is 7.27. The molecule has 2 N–H and O–H groups in total. The standard InChI is InChI=1S/C10H13N3O2/c14-10(15)8-4-11-6-13-9(8)5-12-7-2-1-3-7/h4,6-7,12H,1-3,5H2,(H,14,15). The van der Waals surface area contributed by atoms with Gasteiger partial charge in [-0.25, -0.2) is 14.8 Å². The van der Waals surface area contributed by atoms with Crippen LogP contribution in [-0.4, -0.2) is 27.1 Å². The van der Waals surface area contributed by atoms with Crippen molar-refractivity contribution >= 4 is 5.97 Å². The van der Waals surface area contributed by atoms with Crippen molar-refractivity contribution in [3.63, 3.8) is 0 Å². The van der Waals surface area contributed by atoms with E-state index in [-0.39, 0.29) is 5.56 Å². The molecule has 1 heterocycles. The second-order valence-corrected chi connectivity index (χ2v) is 3.70. The van der Waals surface area contributed by atoms with Gasteiger partial charge < -0.3 is 10.4 Å². The maximum Gasteiger partial charge on any atom is 0.339 e. The number of nitrogens with one attached hydrogen (secondary N) is 1. The Morgan fingerprint density at radius 3 is 3.00 bits per heavy atom. The van der Waals surface area contributed by atoms with Crippen LogP contribution in [0.3, 0.4) is 0 Å². The summed E-state index contributed by atoms with van der Waals surface area (Å²) in [7, 11) is 0. The lowest BCUT2D eigenvalue weighted by Crippen LogP contribution is -2.35. The summed E-state index contributed by atoms with van der Waals surface area (Å²) in [4.78, 5) is 18.5. The molecule has 0 spiro atoms. The van der Waals surface area contributed by atoms with Crippen molar-refractivity contribution in [2.45, 2.75) is 31.8 Å². The van der Waals surface area contributed by atoms with Gasteiger partial charge in [-0.05, 0) is 12.8 Å². The van der Waals surface area contributed by atoms with Crippen molar-refractivity contribution in [2.24, 2.45) is 0 Å². The summed E-state index contributed by atoms with van der Waals surface area (Å²) in [5, 5.41) is 12.2. The number of carbonyl (C=O) groups is 1. The molecule has 1 aliphatic rings. The van der Waals surface area contributed by atoms with Crippen LogP contribution in [-0.2, 0) is 6.54 Å². The van der Waals surface area contributed by atoms with Crippen LogP contribution in [0.5, 0.6) is 0 Å². The van der Waals surface area contributed by atoms with E-state index in [1.807, 2.05) is 0 Å². The highest BCUT2D eigenvalue weighted by atomic mass is 16.4. The van der Waals surface area contributed by atoms with E-state index < -0.39 is 5.97 Å². The first-order valence-electron chi connectivity index (χ1n) is 5.03. The summed E-state index contributed by atoms with van der Waals surface area (Å²) < 4.78 is 0. The van der Waals surface area contributed by atoms with Crippen LogP contribution in [0.15, 0.2) is 12.5 Å². The number of aromatic carboxylic acids is 1. The van der Waals surface area contributed by atoms with Crippen LogP contribution in [0.2, 0.25) is 0 Å². The molecular weight excluding hydrogens is 194 g/mol. The molecule has 1 aliphatic carbocycles. The maximum absolute atomic E-state index is 10.8. The average Bonchev–Trinajstić information content (AvgIpc) is 2.16. The van der Waals surface area contributed by atoms with Gasteiger partial charge in [-0.2, -0.15) is 0 Å². The minimum atomic E-state index is -0.971. The highest BCUT2D eigenvalue weighted by Crippen LogP contribution is 2.18. The molecule has 0 amide bonds. The fraction of sp³-hybridized carbons (Fsp3) is 0.500. The van der Waals surface area contributed by atoms with Gasteiger partial charge in [-0.15, -0.1) is 0 Å². The third-order valence-corrected chi connectivity index (χ3v) is 2.69. The molecule has 5 nitrogen and oxygen atoms in total. The van der Waals surface area contributed by atoms with E-state index in [1.165, 1.54) is 31.8 Å². The molecule has 0 saturated heterocycles. The summed E-state index contributed by atoms with van der Waals surface area (Å²) in [5.74, 6) is -0.971. The molecule has 80 valence electrons. The predicted molar refractivity (Wildman–Crippen MR) is 53.5 cm³/mol. The van der Waals surface area contributed by atoms with Crippen LogP contribution >= 0.6 is 0 Å².